The second-order valence-electron chi connectivity index (χ2n) is 6.74. The van der Waals surface area contributed by atoms with Crippen LogP contribution in [0.4, 0.5) is 0 Å². The van der Waals surface area contributed by atoms with Crippen molar-refractivity contribution in [2.45, 2.75) is 11.8 Å². The third-order valence-electron chi connectivity index (χ3n) is 4.78. The third kappa shape index (κ3) is 5.55. The van der Waals surface area contributed by atoms with Crippen molar-refractivity contribution in [3.05, 3.63) is 59.1 Å². The van der Waals surface area contributed by atoms with Gasteiger partial charge < -0.3 is 14.4 Å². The van der Waals surface area contributed by atoms with Gasteiger partial charge in [0.1, 0.15) is 11.3 Å². The summed E-state index contributed by atoms with van der Waals surface area (Å²) in [7, 11) is -3.66. The van der Waals surface area contributed by atoms with Gasteiger partial charge in [0, 0.05) is 31.2 Å². The highest BCUT2D eigenvalue weighted by molar-refractivity contribution is 7.89. The molecule has 2 aromatic carbocycles. The third-order valence-corrected chi connectivity index (χ3v) is 6.94. The summed E-state index contributed by atoms with van der Waals surface area (Å²) in [5.74, 6) is -0.643. The lowest BCUT2D eigenvalue weighted by Gasteiger charge is -2.33. The molecule has 31 heavy (non-hydrogen) atoms. The number of sulfonamides is 1. The lowest BCUT2D eigenvalue weighted by atomic mass is 10.2. The Morgan fingerprint density at radius 3 is 2.29 bits per heavy atom. The summed E-state index contributed by atoms with van der Waals surface area (Å²) in [6.45, 7) is 2.49. The average molecular weight is 467 g/mol. The normalized spacial score (nSPS) is 14.8. The van der Waals surface area contributed by atoms with Gasteiger partial charge in [-0.1, -0.05) is 23.7 Å². The molecule has 1 aliphatic heterocycles. The van der Waals surface area contributed by atoms with Gasteiger partial charge in [0.2, 0.25) is 10.0 Å². The molecular formula is C21H23ClN2O6S. The van der Waals surface area contributed by atoms with Gasteiger partial charge >= 0.3 is 5.97 Å². The van der Waals surface area contributed by atoms with E-state index in [1.165, 1.54) is 33.5 Å². The van der Waals surface area contributed by atoms with Crippen molar-refractivity contribution < 1.29 is 27.5 Å². The quantitative estimate of drug-likeness (QED) is 0.582. The molecule has 2 aromatic rings. The molecule has 3 rings (SSSR count). The summed E-state index contributed by atoms with van der Waals surface area (Å²) in [6.07, 6.45) is 0. The van der Waals surface area contributed by atoms with Crippen molar-refractivity contribution in [1.82, 2.24) is 9.21 Å². The zero-order valence-corrected chi connectivity index (χ0v) is 18.6. The fourth-order valence-electron chi connectivity index (χ4n) is 3.15. The van der Waals surface area contributed by atoms with Crippen LogP contribution in [0.5, 0.6) is 5.75 Å². The number of esters is 1. The van der Waals surface area contributed by atoms with Crippen LogP contribution in [0.25, 0.3) is 0 Å². The van der Waals surface area contributed by atoms with Crippen LogP contribution >= 0.6 is 11.6 Å². The van der Waals surface area contributed by atoms with Crippen LogP contribution in [-0.2, 0) is 19.6 Å². The Labute approximate surface area is 186 Å². The van der Waals surface area contributed by atoms with Crippen LogP contribution < -0.4 is 4.74 Å². The van der Waals surface area contributed by atoms with Gasteiger partial charge in [-0.15, -0.1) is 0 Å². The number of para-hydroxylation sites is 1. The minimum absolute atomic E-state index is 0.151. The molecule has 0 spiro atoms. The number of hydrogen-bond acceptors (Lipinski definition) is 6. The highest BCUT2D eigenvalue weighted by Crippen LogP contribution is 2.21. The Balaban J connectivity index is 1.54. The summed E-state index contributed by atoms with van der Waals surface area (Å²) < 4.78 is 37.3. The van der Waals surface area contributed by atoms with E-state index in [2.05, 4.69) is 0 Å². The average Bonchev–Trinajstić information content (AvgIpc) is 2.78. The fourth-order valence-corrected chi connectivity index (χ4v) is 4.69. The van der Waals surface area contributed by atoms with Crippen molar-refractivity contribution >= 4 is 33.5 Å². The Bertz CT molecular complexity index is 1030. The first-order valence-corrected chi connectivity index (χ1v) is 11.6. The number of halogens is 1. The van der Waals surface area contributed by atoms with Crippen molar-refractivity contribution in [2.75, 3.05) is 39.4 Å². The van der Waals surface area contributed by atoms with Gasteiger partial charge in [-0.05, 0) is 43.3 Å². The second-order valence-corrected chi connectivity index (χ2v) is 9.12. The van der Waals surface area contributed by atoms with Crippen LogP contribution in [0.15, 0.2) is 53.4 Å². The summed E-state index contributed by atoms with van der Waals surface area (Å²) in [5.41, 5.74) is 0.246. The standard InChI is InChI=1S/C21H23ClN2O6S/c1-2-29-19-6-4-3-5-18(19)21(26)30-15-20(25)23-11-13-24(14-12-23)31(27,28)17-9-7-16(22)8-10-17/h3-10H,2,11-15H2,1H3. The SMILES string of the molecule is CCOc1ccccc1C(=O)OCC(=O)N1CCN(S(=O)(=O)c2ccc(Cl)cc2)CC1. The zero-order valence-electron chi connectivity index (χ0n) is 17.0. The Morgan fingerprint density at radius 2 is 1.65 bits per heavy atom. The first-order chi connectivity index (χ1) is 14.8. The van der Waals surface area contributed by atoms with E-state index in [-0.39, 0.29) is 42.5 Å². The number of hydrogen-bond donors (Lipinski definition) is 0. The van der Waals surface area contributed by atoms with Crippen molar-refractivity contribution in [2.24, 2.45) is 0 Å². The molecule has 0 atom stereocenters. The predicted octanol–water partition coefficient (Wildman–Crippen LogP) is 2.43. The summed E-state index contributed by atoms with van der Waals surface area (Å²) in [6, 6.07) is 12.6. The summed E-state index contributed by atoms with van der Waals surface area (Å²) >= 11 is 5.82. The highest BCUT2D eigenvalue weighted by Gasteiger charge is 2.30. The number of ether oxygens (including phenoxy) is 2. The molecule has 1 aliphatic rings. The number of nitrogens with zero attached hydrogens (tertiary/aromatic N) is 2. The van der Waals surface area contributed by atoms with Crippen LogP contribution in [0.1, 0.15) is 17.3 Å². The maximum absolute atomic E-state index is 12.7. The Kier molecular flexibility index (Phi) is 7.53. The fraction of sp³-hybridized carbons (Fsp3) is 0.333. The van der Waals surface area contributed by atoms with Crippen molar-refractivity contribution in [1.29, 1.82) is 0 Å². The van der Waals surface area contributed by atoms with Crippen molar-refractivity contribution in [3.8, 4) is 5.75 Å². The molecule has 0 unspecified atom stereocenters. The maximum atomic E-state index is 12.7. The first kappa shape index (κ1) is 23.1. The number of benzene rings is 2. The number of rotatable bonds is 7. The molecule has 1 amide bonds. The molecule has 1 saturated heterocycles. The van der Waals surface area contributed by atoms with E-state index in [9.17, 15) is 18.0 Å². The molecule has 8 nitrogen and oxygen atoms in total. The molecule has 0 aliphatic carbocycles. The van der Waals surface area contributed by atoms with Crippen LogP contribution in [0, 0.1) is 0 Å². The number of piperazine rings is 1. The largest absolute Gasteiger partial charge is 0.493 e. The lowest BCUT2D eigenvalue weighted by Crippen LogP contribution is -2.51. The lowest BCUT2D eigenvalue weighted by molar-refractivity contribution is -0.135. The molecule has 1 heterocycles. The minimum Gasteiger partial charge on any atom is -0.493 e. The molecule has 1 fully saturated rings. The van der Waals surface area contributed by atoms with Gasteiger partial charge in [0.15, 0.2) is 6.61 Å². The molecule has 0 N–H and O–H groups in total. The highest BCUT2D eigenvalue weighted by atomic mass is 35.5. The number of carbonyl (C=O) groups excluding carboxylic acids is 2. The van der Waals surface area contributed by atoms with Gasteiger partial charge in [0.05, 0.1) is 11.5 Å². The van der Waals surface area contributed by atoms with E-state index >= 15 is 0 Å². The van der Waals surface area contributed by atoms with Gasteiger partial charge in [-0.3, -0.25) is 4.79 Å². The molecule has 10 heteroatoms. The van der Waals surface area contributed by atoms with Gasteiger partial charge in [0.25, 0.3) is 5.91 Å². The zero-order chi connectivity index (χ0) is 22.4. The van der Waals surface area contributed by atoms with Gasteiger partial charge in [-0.25, -0.2) is 13.2 Å². The van der Waals surface area contributed by atoms with E-state index in [0.29, 0.717) is 17.4 Å². The number of carbonyl (C=O) groups is 2. The van der Waals surface area contributed by atoms with E-state index in [4.69, 9.17) is 21.1 Å². The smallest absolute Gasteiger partial charge is 0.342 e. The topological polar surface area (TPSA) is 93.2 Å². The minimum atomic E-state index is -3.66. The molecule has 0 radical (unpaired) electrons. The predicted molar refractivity (Wildman–Crippen MR) is 115 cm³/mol. The monoisotopic (exact) mass is 466 g/mol. The molecule has 0 bridgehead atoms. The Hall–Kier alpha value is -2.62. The first-order valence-electron chi connectivity index (χ1n) is 9.75. The summed E-state index contributed by atoms with van der Waals surface area (Å²) in [4.78, 5) is 26.4. The maximum Gasteiger partial charge on any atom is 0.342 e. The molecule has 166 valence electrons. The second kappa shape index (κ2) is 10.1. The van der Waals surface area contributed by atoms with Crippen LogP contribution in [0.2, 0.25) is 5.02 Å². The van der Waals surface area contributed by atoms with E-state index in [0.717, 1.165) is 0 Å². The molecule has 0 saturated carbocycles. The van der Waals surface area contributed by atoms with E-state index in [1.54, 1.807) is 31.2 Å². The molecular weight excluding hydrogens is 444 g/mol. The molecule has 0 aromatic heterocycles. The summed E-state index contributed by atoms with van der Waals surface area (Å²) in [5, 5.41) is 0.452. The van der Waals surface area contributed by atoms with E-state index < -0.39 is 22.6 Å². The van der Waals surface area contributed by atoms with Crippen LogP contribution in [0.3, 0.4) is 0 Å². The number of amides is 1. The Morgan fingerprint density at radius 1 is 1.00 bits per heavy atom. The van der Waals surface area contributed by atoms with Gasteiger partial charge in [-0.2, -0.15) is 4.31 Å². The van der Waals surface area contributed by atoms with Crippen molar-refractivity contribution in [3.63, 3.8) is 0 Å². The van der Waals surface area contributed by atoms with E-state index in [1.807, 2.05) is 0 Å². The van der Waals surface area contributed by atoms with Crippen LogP contribution in [-0.4, -0.2) is 68.9 Å².